The molecular weight excluding hydrogens is 344 g/mol. The zero-order valence-electron chi connectivity index (χ0n) is 13.7. The number of nitrogens with zero attached hydrogens (tertiary/aromatic N) is 2. The van der Waals surface area contributed by atoms with Gasteiger partial charge in [0.15, 0.2) is 9.84 Å². The Kier molecular flexibility index (Phi) is 4.73. The fourth-order valence-corrected chi connectivity index (χ4v) is 5.69. The molecule has 2 aromatic rings. The number of thiazole rings is 1. The minimum atomic E-state index is -3.33. The molecule has 2 heterocycles. The highest BCUT2D eigenvalue weighted by molar-refractivity contribution is 7.92. The van der Waals surface area contributed by atoms with Crippen molar-refractivity contribution in [2.45, 2.75) is 36.8 Å². The summed E-state index contributed by atoms with van der Waals surface area (Å²) < 4.78 is 25.4. The minimum absolute atomic E-state index is 0.0336. The Hall–Kier alpha value is -1.73. The summed E-state index contributed by atoms with van der Waals surface area (Å²) in [6.07, 6.45) is 0.944. The first kappa shape index (κ1) is 17.1. The number of aryl methyl sites for hydroxylation is 2. The summed E-state index contributed by atoms with van der Waals surface area (Å²) >= 11 is 1.40. The second kappa shape index (κ2) is 6.64. The molecule has 1 aliphatic heterocycles. The second-order valence-electron chi connectivity index (χ2n) is 6.00. The monoisotopic (exact) mass is 364 g/mol. The van der Waals surface area contributed by atoms with Gasteiger partial charge in [-0.25, -0.2) is 13.4 Å². The van der Waals surface area contributed by atoms with Gasteiger partial charge in [0.1, 0.15) is 4.88 Å². The SMILES string of the molecule is Cc1nc(C)c(C(=O)N2CCC(S(=O)(=O)c3ccccc3)CC2)s1. The number of likely N-dealkylation sites (tertiary alicyclic amines) is 1. The number of aromatic nitrogens is 1. The molecule has 5 nitrogen and oxygen atoms in total. The van der Waals surface area contributed by atoms with Crippen LogP contribution in [0.2, 0.25) is 0 Å². The van der Waals surface area contributed by atoms with Crippen LogP contribution in [0.3, 0.4) is 0 Å². The first-order valence-corrected chi connectivity index (χ1v) is 10.3. The van der Waals surface area contributed by atoms with E-state index in [-0.39, 0.29) is 5.91 Å². The third-order valence-corrected chi connectivity index (χ3v) is 7.68. The fourth-order valence-electron chi connectivity index (χ4n) is 3.05. The summed E-state index contributed by atoms with van der Waals surface area (Å²) in [4.78, 5) is 19.7. The van der Waals surface area contributed by atoms with Gasteiger partial charge in [-0.3, -0.25) is 4.79 Å². The van der Waals surface area contributed by atoms with Crippen molar-refractivity contribution in [3.05, 3.63) is 45.9 Å². The molecule has 0 spiro atoms. The van der Waals surface area contributed by atoms with E-state index >= 15 is 0 Å². The molecule has 3 rings (SSSR count). The maximum Gasteiger partial charge on any atom is 0.265 e. The van der Waals surface area contributed by atoms with Gasteiger partial charge in [-0.1, -0.05) is 18.2 Å². The Morgan fingerprint density at radius 2 is 1.79 bits per heavy atom. The van der Waals surface area contributed by atoms with E-state index in [0.29, 0.717) is 35.7 Å². The molecule has 1 aromatic heterocycles. The Balaban J connectivity index is 1.70. The zero-order chi connectivity index (χ0) is 17.3. The van der Waals surface area contributed by atoms with E-state index in [1.807, 2.05) is 13.8 Å². The van der Waals surface area contributed by atoms with Gasteiger partial charge in [0.2, 0.25) is 0 Å². The van der Waals surface area contributed by atoms with E-state index in [9.17, 15) is 13.2 Å². The summed E-state index contributed by atoms with van der Waals surface area (Å²) in [6, 6.07) is 8.55. The highest BCUT2D eigenvalue weighted by Gasteiger charge is 2.33. The molecule has 0 unspecified atom stereocenters. The molecule has 1 fully saturated rings. The molecule has 1 aromatic carbocycles. The second-order valence-corrected chi connectivity index (χ2v) is 9.43. The molecule has 0 N–H and O–H groups in total. The predicted molar refractivity (Wildman–Crippen MR) is 94.1 cm³/mol. The first-order chi connectivity index (χ1) is 11.4. The van der Waals surface area contributed by atoms with Crippen LogP contribution in [0.1, 0.15) is 33.2 Å². The Labute approximate surface area is 146 Å². The maximum atomic E-state index is 12.7. The third-order valence-electron chi connectivity index (χ3n) is 4.34. The van der Waals surface area contributed by atoms with Crippen LogP contribution in [0, 0.1) is 13.8 Å². The molecule has 0 radical (unpaired) electrons. The van der Waals surface area contributed by atoms with Gasteiger partial charge in [-0.15, -0.1) is 11.3 Å². The number of amides is 1. The summed E-state index contributed by atoms with van der Waals surface area (Å²) in [5.41, 5.74) is 0.751. The van der Waals surface area contributed by atoms with E-state index in [1.54, 1.807) is 35.2 Å². The quantitative estimate of drug-likeness (QED) is 0.840. The number of rotatable bonds is 3. The van der Waals surface area contributed by atoms with Crippen molar-refractivity contribution >= 4 is 27.1 Å². The Bertz CT molecular complexity index is 836. The van der Waals surface area contributed by atoms with E-state index in [4.69, 9.17) is 0 Å². The van der Waals surface area contributed by atoms with Crippen molar-refractivity contribution in [1.82, 2.24) is 9.88 Å². The van der Waals surface area contributed by atoms with Crippen molar-refractivity contribution in [3.63, 3.8) is 0 Å². The van der Waals surface area contributed by atoms with Crippen LogP contribution in [0.15, 0.2) is 35.2 Å². The zero-order valence-corrected chi connectivity index (χ0v) is 15.4. The highest BCUT2D eigenvalue weighted by atomic mass is 32.2. The molecule has 0 atom stereocenters. The number of piperidine rings is 1. The lowest BCUT2D eigenvalue weighted by Gasteiger charge is -2.31. The van der Waals surface area contributed by atoms with Crippen molar-refractivity contribution in [2.24, 2.45) is 0 Å². The summed E-state index contributed by atoms with van der Waals surface area (Å²) in [6.45, 7) is 4.65. The van der Waals surface area contributed by atoms with E-state index in [1.165, 1.54) is 11.3 Å². The largest absolute Gasteiger partial charge is 0.338 e. The van der Waals surface area contributed by atoms with Gasteiger partial charge in [-0.05, 0) is 38.8 Å². The van der Waals surface area contributed by atoms with Crippen molar-refractivity contribution in [1.29, 1.82) is 0 Å². The smallest absolute Gasteiger partial charge is 0.265 e. The highest BCUT2D eigenvalue weighted by Crippen LogP contribution is 2.26. The number of carbonyl (C=O) groups is 1. The lowest BCUT2D eigenvalue weighted by atomic mass is 10.1. The van der Waals surface area contributed by atoms with Gasteiger partial charge < -0.3 is 4.90 Å². The van der Waals surface area contributed by atoms with E-state index in [2.05, 4.69) is 4.98 Å². The maximum absolute atomic E-state index is 12.7. The predicted octanol–water partition coefficient (Wildman–Crippen LogP) is 2.84. The van der Waals surface area contributed by atoms with E-state index in [0.717, 1.165) is 10.7 Å². The van der Waals surface area contributed by atoms with Crippen LogP contribution in [-0.2, 0) is 9.84 Å². The number of benzene rings is 1. The van der Waals surface area contributed by atoms with Crippen LogP contribution >= 0.6 is 11.3 Å². The molecular formula is C17H20N2O3S2. The Morgan fingerprint density at radius 1 is 1.17 bits per heavy atom. The molecule has 1 aliphatic rings. The normalized spacial score (nSPS) is 16.3. The summed E-state index contributed by atoms with van der Waals surface area (Å²) in [7, 11) is -3.33. The third kappa shape index (κ3) is 3.23. The van der Waals surface area contributed by atoms with Crippen molar-refractivity contribution in [2.75, 3.05) is 13.1 Å². The number of hydrogen-bond donors (Lipinski definition) is 0. The minimum Gasteiger partial charge on any atom is -0.338 e. The molecule has 7 heteroatoms. The van der Waals surface area contributed by atoms with Crippen LogP contribution in [0.5, 0.6) is 0 Å². The van der Waals surface area contributed by atoms with E-state index < -0.39 is 15.1 Å². The van der Waals surface area contributed by atoms with Crippen LogP contribution in [0.25, 0.3) is 0 Å². The molecule has 0 aliphatic carbocycles. The molecule has 24 heavy (non-hydrogen) atoms. The van der Waals surface area contributed by atoms with Gasteiger partial charge in [0, 0.05) is 13.1 Å². The number of hydrogen-bond acceptors (Lipinski definition) is 5. The standard InChI is InChI=1S/C17H20N2O3S2/c1-12-16(23-13(2)18-12)17(20)19-10-8-15(9-11-19)24(21,22)14-6-4-3-5-7-14/h3-7,15H,8-11H2,1-2H3. The molecule has 1 saturated heterocycles. The van der Waals surface area contributed by atoms with Crippen LogP contribution in [0.4, 0.5) is 0 Å². The van der Waals surface area contributed by atoms with Crippen molar-refractivity contribution in [3.8, 4) is 0 Å². The lowest BCUT2D eigenvalue weighted by molar-refractivity contribution is 0.0729. The fraction of sp³-hybridized carbons (Fsp3) is 0.412. The molecule has 128 valence electrons. The Morgan fingerprint density at radius 3 is 2.33 bits per heavy atom. The molecule has 0 bridgehead atoms. The number of carbonyl (C=O) groups excluding carboxylic acids is 1. The topological polar surface area (TPSA) is 67.3 Å². The summed E-state index contributed by atoms with van der Waals surface area (Å²) in [5.74, 6) is -0.0336. The van der Waals surface area contributed by atoms with Crippen LogP contribution in [-0.4, -0.2) is 42.5 Å². The summed E-state index contributed by atoms with van der Waals surface area (Å²) in [5, 5.41) is 0.450. The van der Waals surface area contributed by atoms with Gasteiger partial charge >= 0.3 is 0 Å². The lowest BCUT2D eigenvalue weighted by Crippen LogP contribution is -2.42. The van der Waals surface area contributed by atoms with Gasteiger partial charge in [0.25, 0.3) is 5.91 Å². The van der Waals surface area contributed by atoms with Crippen LogP contribution < -0.4 is 0 Å². The van der Waals surface area contributed by atoms with Gasteiger partial charge in [0.05, 0.1) is 20.8 Å². The molecule has 0 saturated carbocycles. The van der Waals surface area contributed by atoms with Crippen molar-refractivity contribution < 1.29 is 13.2 Å². The average Bonchev–Trinajstić information content (AvgIpc) is 2.93. The average molecular weight is 364 g/mol. The first-order valence-electron chi connectivity index (χ1n) is 7.92. The molecule has 1 amide bonds. The number of sulfone groups is 1. The van der Waals surface area contributed by atoms with Gasteiger partial charge in [-0.2, -0.15) is 0 Å².